The van der Waals surface area contributed by atoms with Crippen LogP contribution in [-0.4, -0.2) is 31.0 Å². The molecule has 0 aliphatic rings. The van der Waals surface area contributed by atoms with Gasteiger partial charge in [-0.2, -0.15) is 0 Å². The maximum Gasteiger partial charge on any atom is 0.269 e. The van der Waals surface area contributed by atoms with Crippen LogP contribution in [0.25, 0.3) is 0 Å². The van der Waals surface area contributed by atoms with Crippen molar-refractivity contribution in [2.45, 2.75) is 50.6 Å². The van der Waals surface area contributed by atoms with Crippen LogP contribution in [0.4, 0.5) is 11.4 Å². The Morgan fingerprint density at radius 3 is 2.55 bits per heavy atom. The SMILES string of the molecule is Cc1ccc(C(C)C)c(OCc2nnc(SC(C)C(=O)Nc3ccc([N+](=O)[O-])cc3)n2N)c1. The number of nitrogens with two attached hydrogens (primary N) is 1. The Balaban J connectivity index is 1.62. The van der Waals surface area contributed by atoms with Crippen LogP contribution in [0.15, 0.2) is 47.6 Å². The van der Waals surface area contributed by atoms with Gasteiger partial charge in [0.25, 0.3) is 5.69 Å². The summed E-state index contributed by atoms with van der Waals surface area (Å²) in [6, 6.07) is 11.7. The zero-order chi connectivity index (χ0) is 24.1. The number of hydrogen-bond donors (Lipinski definition) is 2. The minimum Gasteiger partial charge on any atom is -0.485 e. The molecule has 1 unspecified atom stereocenters. The van der Waals surface area contributed by atoms with Crippen molar-refractivity contribution in [3.63, 3.8) is 0 Å². The Morgan fingerprint density at radius 2 is 1.91 bits per heavy atom. The van der Waals surface area contributed by atoms with Crippen molar-refractivity contribution < 1.29 is 14.5 Å². The van der Waals surface area contributed by atoms with Gasteiger partial charge in [-0.05, 0) is 49.1 Å². The molecule has 174 valence electrons. The highest BCUT2D eigenvalue weighted by molar-refractivity contribution is 8.00. The quantitative estimate of drug-likeness (QED) is 0.207. The number of rotatable bonds is 9. The van der Waals surface area contributed by atoms with Gasteiger partial charge in [-0.1, -0.05) is 37.7 Å². The molecule has 3 aromatic rings. The lowest BCUT2D eigenvalue weighted by Gasteiger charge is -2.15. The third-order valence-corrected chi connectivity index (χ3v) is 5.94. The van der Waals surface area contributed by atoms with Gasteiger partial charge in [0.1, 0.15) is 12.4 Å². The average Bonchev–Trinajstić information content (AvgIpc) is 3.11. The van der Waals surface area contributed by atoms with Gasteiger partial charge >= 0.3 is 0 Å². The van der Waals surface area contributed by atoms with Crippen LogP contribution in [0.1, 0.15) is 43.6 Å². The molecule has 0 fully saturated rings. The van der Waals surface area contributed by atoms with Crippen LogP contribution in [-0.2, 0) is 11.4 Å². The zero-order valence-electron chi connectivity index (χ0n) is 18.8. The van der Waals surface area contributed by atoms with Gasteiger partial charge in [0.15, 0.2) is 5.82 Å². The number of ether oxygens (including phenoxy) is 1. The van der Waals surface area contributed by atoms with Crippen molar-refractivity contribution in [1.29, 1.82) is 0 Å². The maximum atomic E-state index is 12.5. The summed E-state index contributed by atoms with van der Waals surface area (Å²) < 4.78 is 7.29. The predicted octanol–water partition coefficient (Wildman–Crippen LogP) is 4.03. The number of nitrogens with zero attached hydrogens (tertiary/aromatic N) is 4. The van der Waals surface area contributed by atoms with Crippen molar-refractivity contribution in [2.24, 2.45) is 0 Å². The normalized spacial score (nSPS) is 11.9. The number of aryl methyl sites for hydroxylation is 1. The highest BCUT2D eigenvalue weighted by Gasteiger charge is 2.20. The molecule has 1 heterocycles. The number of nitrogens with one attached hydrogen (secondary N) is 1. The topological polar surface area (TPSA) is 138 Å². The largest absolute Gasteiger partial charge is 0.485 e. The summed E-state index contributed by atoms with van der Waals surface area (Å²) in [5.41, 5.74) is 2.59. The van der Waals surface area contributed by atoms with Crippen molar-refractivity contribution in [3.8, 4) is 5.75 Å². The maximum absolute atomic E-state index is 12.5. The van der Waals surface area contributed by atoms with E-state index in [-0.39, 0.29) is 18.2 Å². The first-order valence-corrected chi connectivity index (χ1v) is 11.2. The van der Waals surface area contributed by atoms with E-state index in [4.69, 9.17) is 10.6 Å². The molecule has 1 aromatic heterocycles. The van der Waals surface area contributed by atoms with Gasteiger partial charge in [-0.15, -0.1) is 10.2 Å². The van der Waals surface area contributed by atoms with E-state index in [9.17, 15) is 14.9 Å². The number of carbonyl (C=O) groups is 1. The molecule has 0 radical (unpaired) electrons. The molecule has 10 nitrogen and oxygen atoms in total. The Kier molecular flexibility index (Phi) is 7.54. The molecule has 1 atom stereocenters. The summed E-state index contributed by atoms with van der Waals surface area (Å²) >= 11 is 1.15. The number of nitro groups is 1. The summed E-state index contributed by atoms with van der Waals surface area (Å²) in [6.45, 7) is 8.04. The highest BCUT2D eigenvalue weighted by Crippen LogP contribution is 2.28. The first kappa shape index (κ1) is 24.1. The van der Waals surface area contributed by atoms with Crippen LogP contribution in [0.3, 0.4) is 0 Å². The predicted molar refractivity (Wildman–Crippen MR) is 127 cm³/mol. The molecular formula is C22H26N6O4S. The molecule has 0 aliphatic heterocycles. The zero-order valence-corrected chi connectivity index (χ0v) is 19.6. The summed E-state index contributed by atoms with van der Waals surface area (Å²) in [7, 11) is 0. The van der Waals surface area contributed by atoms with Gasteiger partial charge in [0.05, 0.1) is 10.2 Å². The highest BCUT2D eigenvalue weighted by atomic mass is 32.2. The number of nitro benzene ring substituents is 1. The fourth-order valence-electron chi connectivity index (χ4n) is 2.99. The first-order valence-electron chi connectivity index (χ1n) is 10.3. The van der Waals surface area contributed by atoms with E-state index in [1.807, 2.05) is 19.1 Å². The van der Waals surface area contributed by atoms with Crippen molar-refractivity contribution in [1.82, 2.24) is 14.9 Å². The van der Waals surface area contributed by atoms with Crippen LogP contribution >= 0.6 is 11.8 Å². The molecule has 2 aromatic carbocycles. The number of aromatic nitrogens is 3. The number of amides is 1. The van der Waals surface area contributed by atoms with E-state index in [0.717, 1.165) is 28.6 Å². The second-order valence-electron chi connectivity index (χ2n) is 7.81. The molecule has 0 aliphatic carbocycles. The number of carbonyl (C=O) groups excluding carboxylic acids is 1. The third kappa shape index (κ3) is 6.01. The van der Waals surface area contributed by atoms with E-state index < -0.39 is 10.2 Å². The number of non-ortho nitro benzene ring substituents is 1. The molecule has 0 saturated heterocycles. The number of benzene rings is 2. The van der Waals surface area contributed by atoms with Crippen LogP contribution in [0.2, 0.25) is 0 Å². The minimum atomic E-state index is -0.537. The summed E-state index contributed by atoms with van der Waals surface area (Å²) in [5, 5.41) is 21.5. The average molecular weight is 471 g/mol. The smallest absolute Gasteiger partial charge is 0.269 e. The van der Waals surface area contributed by atoms with Gasteiger partial charge < -0.3 is 15.9 Å². The van der Waals surface area contributed by atoms with Crippen molar-refractivity contribution in [2.75, 3.05) is 11.2 Å². The van der Waals surface area contributed by atoms with E-state index in [1.165, 1.54) is 28.9 Å². The van der Waals surface area contributed by atoms with Crippen molar-refractivity contribution in [3.05, 3.63) is 69.5 Å². The fourth-order valence-corrected chi connectivity index (χ4v) is 3.78. The minimum absolute atomic E-state index is 0.0485. The Labute approximate surface area is 195 Å². The van der Waals surface area contributed by atoms with Gasteiger partial charge in [-0.3, -0.25) is 14.9 Å². The molecule has 33 heavy (non-hydrogen) atoms. The summed E-state index contributed by atoms with van der Waals surface area (Å²) in [6.07, 6.45) is 0. The molecule has 1 amide bonds. The van der Waals surface area contributed by atoms with Crippen LogP contribution in [0.5, 0.6) is 5.75 Å². The number of thioether (sulfide) groups is 1. The second kappa shape index (κ2) is 10.3. The number of anilines is 1. The van der Waals surface area contributed by atoms with Gasteiger partial charge in [-0.25, -0.2) is 4.68 Å². The Bertz CT molecular complexity index is 1150. The first-order chi connectivity index (χ1) is 15.7. The van der Waals surface area contributed by atoms with Gasteiger partial charge in [0, 0.05) is 17.8 Å². The number of nitrogen functional groups attached to an aromatic ring is 1. The molecule has 11 heteroatoms. The lowest BCUT2D eigenvalue weighted by atomic mass is 10.0. The van der Waals surface area contributed by atoms with Crippen molar-refractivity contribution >= 4 is 29.0 Å². The van der Waals surface area contributed by atoms with E-state index in [0.29, 0.717) is 22.6 Å². The summed E-state index contributed by atoms with van der Waals surface area (Å²) in [5.74, 6) is 7.35. The lowest BCUT2D eigenvalue weighted by molar-refractivity contribution is -0.384. The van der Waals surface area contributed by atoms with E-state index in [1.54, 1.807) is 6.92 Å². The second-order valence-corrected chi connectivity index (χ2v) is 9.11. The van der Waals surface area contributed by atoms with Gasteiger partial charge in [0.2, 0.25) is 11.1 Å². The molecule has 0 saturated carbocycles. The lowest BCUT2D eigenvalue weighted by Crippen LogP contribution is -2.24. The molecule has 3 rings (SSSR count). The Morgan fingerprint density at radius 1 is 1.21 bits per heavy atom. The standard InChI is InChI=1S/C22H26N6O4S/c1-13(2)18-10-5-14(3)11-19(18)32-12-20-25-26-22(27(20)23)33-15(4)21(29)24-16-6-8-17(9-7-16)28(30)31/h5-11,13,15H,12,23H2,1-4H3,(H,24,29). The monoisotopic (exact) mass is 470 g/mol. The van der Waals surface area contributed by atoms with Crippen LogP contribution in [0, 0.1) is 17.0 Å². The molecule has 3 N–H and O–H groups in total. The fraction of sp³-hybridized carbons (Fsp3) is 0.318. The van der Waals surface area contributed by atoms with Crippen LogP contribution < -0.4 is 15.9 Å². The van der Waals surface area contributed by atoms with E-state index in [2.05, 4.69) is 35.4 Å². The Hall–Kier alpha value is -3.60. The third-order valence-electron chi connectivity index (χ3n) is 4.88. The molecule has 0 spiro atoms. The molecular weight excluding hydrogens is 444 g/mol. The summed E-state index contributed by atoms with van der Waals surface area (Å²) in [4.78, 5) is 22.8. The van der Waals surface area contributed by atoms with E-state index >= 15 is 0 Å². The number of hydrogen-bond acceptors (Lipinski definition) is 8. The molecule has 0 bridgehead atoms.